The van der Waals surface area contributed by atoms with Crippen LogP contribution in [0.1, 0.15) is 48.5 Å². The normalized spacial score (nSPS) is 22.9. The van der Waals surface area contributed by atoms with Crippen LogP contribution in [0, 0.1) is 10.8 Å². The molecule has 1 aliphatic rings. The van der Waals surface area contributed by atoms with E-state index in [4.69, 9.17) is 4.74 Å². The molecule has 0 aromatic rings. The van der Waals surface area contributed by atoms with E-state index < -0.39 is 5.60 Å². The Kier molecular flexibility index (Phi) is 3.14. The molecule has 1 saturated carbocycles. The van der Waals surface area contributed by atoms with E-state index >= 15 is 0 Å². The third-order valence-electron chi connectivity index (χ3n) is 3.89. The van der Waals surface area contributed by atoms with E-state index in [1.807, 2.05) is 20.8 Å². The lowest BCUT2D eigenvalue weighted by Gasteiger charge is -2.19. The summed E-state index contributed by atoms with van der Waals surface area (Å²) in [6.07, 6.45) is 0. The molecule has 0 heterocycles. The fourth-order valence-electron chi connectivity index (χ4n) is 2.27. The topological polar surface area (TPSA) is 38.3 Å². The second kappa shape index (κ2) is 3.73. The van der Waals surface area contributed by atoms with Crippen molar-refractivity contribution in [3.8, 4) is 0 Å². The van der Waals surface area contributed by atoms with E-state index in [0.717, 1.165) is 0 Å². The van der Waals surface area contributed by atoms with Crippen molar-refractivity contribution in [3.05, 3.63) is 0 Å². The first-order chi connectivity index (χ1) is 6.98. The number of nitrogens with one attached hydrogen (secondary N) is 1. The van der Waals surface area contributed by atoms with Crippen LogP contribution in [0.15, 0.2) is 0 Å². The molecule has 1 aliphatic carbocycles. The van der Waals surface area contributed by atoms with Crippen molar-refractivity contribution in [2.24, 2.45) is 10.8 Å². The second-order valence-electron chi connectivity index (χ2n) is 6.84. The molecule has 94 valence electrons. The Labute approximate surface area is 98.9 Å². The van der Waals surface area contributed by atoms with Crippen molar-refractivity contribution in [1.29, 1.82) is 0 Å². The zero-order chi connectivity index (χ0) is 12.8. The van der Waals surface area contributed by atoms with E-state index in [0.29, 0.717) is 12.6 Å². The van der Waals surface area contributed by atoms with Gasteiger partial charge in [0.25, 0.3) is 0 Å². The Morgan fingerprint density at radius 1 is 1.19 bits per heavy atom. The van der Waals surface area contributed by atoms with Crippen molar-refractivity contribution in [1.82, 2.24) is 5.32 Å². The molecule has 0 amide bonds. The van der Waals surface area contributed by atoms with Gasteiger partial charge in [-0.05, 0) is 31.6 Å². The number of ether oxygens (including phenoxy) is 1. The largest absolute Gasteiger partial charge is 0.459 e. The Morgan fingerprint density at radius 2 is 1.62 bits per heavy atom. The van der Waals surface area contributed by atoms with E-state index in [2.05, 4.69) is 33.0 Å². The number of esters is 1. The first-order valence-electron chi connectivity index (χ1n) is 5.94. The van der Waals surface area contributed by atoms with Gasteiger partial charge in [-0.25, -0.2) is 0 Å². The number of carbonyl (C=O) groups is 1. The number of hydrogen-bond donors (Lipinski definition) is 1. The Bertz CT molecular complexity index is 273. The summed E-state index contributed by atoms with van der Waals surface area (Å²) in [5.74, 6) is -0.175. The smallest absolute Gasteiger partial charge is 0.320 e. The Hall–Kier alpha value is -0.570. The average Bonchev–Trinajstić information content (AvgIpc) is 2.36. The Morgan fingerprint density at radius 3 is 1.94 bits per heavy atom. The summed E-state index contributed by atoms with van der Waals surface area (Å²) < 4.78 is 5.25. The van der Waals surface area contributed by atoms with Gasteiger partial charge in [-0.2, -0.15) is 0 Å². The van der Waals surface area contributed by atoms with Crippen LogP contribution in [0.2, 0.25) is 0 Å². The summed E-state index contributed by atoms with van der Waals surface area (Å²) in [6.45, 7) is 14.8. The van der Waals surface area contributed by atoms with Crippen LogP contribution in [0.3, 0.4) is 0 Å². The molecule has 0 saturated heterocycles. The summed E-state index contributed by atoms with van der Waals surface area (Å²) in [5, 5.41) is 3.28. The van der Waals surface area contributed by atoms with Crippen LogP contribution in [0.25, 0.3) is 0 Å². The highest BCUT2D eigenvalue weighted by Gasteiger charge is 2.64. The maximum atomic E-state index is 11.5. The van der Waals surface area contributed by atoms with Crippen molar-refractivity contribution < 1.29 is 9.53 Å². The number of hydrogen-bond acceptors (Lipinski definition) is 3. The van der Waals surface area contributed by atoms with Gasteiger partial charge in [0, 0.05) is 6.04 Å². The van der Waals surface area contributed by atoms with Crippen LogP contribution < -0.4 is 5.32 Å². The minimum atomic E-state index is -0.395. The predicted molar refractivity (Wildman–Crippen MR) is 65.2 cm³/mol. The van der Waals surface area contributed by atoms with Gasteiger partial charge >= 0.3 is 5.97 Å². The lowest BCUT2D eigenvalue weighted by molar-refractivity contribution is -0.153. The van der Waals surface area contributed by atoms with Gasteiger partial charge in [-0.15, -0.1) is 0 Å². The highest BCUT2D eigenvalue weighted by molar-refractivity contribution is 5.72. The fraction of sp³-hybridized carbons (Fsp3) is 0.923. The van der Waals surface area contributed by atoms with Crippen LogP contribution in [-0.4, -0.2) is 24.2 Å². The van der Waals surface area contributed by atoms with Crippen molar-refractivity contribution in [2.45, 2.75) is 60.1 Å². The second-order valence-corrected chi connectivity index (χ2v) is 6.84. The van der Waals surface area contributed by atoms with Gasteiger partial charge in [0.1, 0.15) is 5.60 Å². The fourth-order valence-corrected chi connectivity index (χ4v) is 2.27. The molecule has 1 rings (SSSR count). The van der Waals surface area contributed by atoms with Crippen LogP contribution >= 0.6 is 0 Å². The highest BCUT2D eigenvalue weighted by atomic mass is 16.6. The molecular weight excluding hydrogens is 202 g/mol. The van der Waals surface area contributed by atoms with Gasteiger partial charge in [-0.1, -0.05) is 27.7 Å². The molecule has 0 bridgehead atoms. The highest BCUT2D eigenvalue weighted by Crippen LogP contribution is 2.62. The molecule has 0 aromatic heterocycles. The van der Waals surface area contributed by atoms with E-state index in [1.54, 1.807) is 0 Å². The zero-order valence-electron chi connectivity index (χ0n) is 11.6. The standard InChI is InChI=1S/C13H25NO2/c1-11(2,3)16-9(15)8-14-10-12(4,5)13(10,6)7/h10,14H,8H2,1-7H3. The molecule has 0 radical (unpaired) electrons. The SMILES string of the molecule is CC(C)(C)OC(=O)CNC1C(C)(C)C1(C)C. The quantitative estimate of drug-likeness (QED) is 0.752. The lowest BCUT2D eigenvalue weighted by atomic mass is 10.0. The summed E-state index contributed by atoms with van der Waals surface area (Å²) >= 11 is 0. The van der Waals surface area contributed by atoms with Gasteiger partial charge in [0.05, 0.1) is 6.54 Å². The van der Waals surface area contributed by atoms with Crippen molar-refractivity contribution in [3.63, 3.8) is 0 Å². The molecule has 3 heteroatoms. The molecule has 0 atom stereocenters. The first kappa shape index (κ1) is 13.5. The summed E-state index contributed by atoms with van der Waals surface area (Å²) in [5.41, 5.74) is 0.122. The van der Waals surface area contributed by atoms with Crippen LogP contribution in [0.5, 0.6) is 0 Å². The van der Waals surface area contributed by atoms with E-state index in [-0.39, 0.29) is 16.8 Å². The van der Waals surface area contributed by atoms with Crippen molar-refractivity contribution >= 4 is 5.97 Å². The Balaban J connectivity index is 2.36. The van der Waals surface area contributed by atoms with Gasteiger partial charge in [-0.3, -0.25) is 4.79 Å². The first-order valence-corrected chi connectivity index (χ1v) is 5.94. The summed E-state index contributed by atoms with van der Waals surface area (Å²) in [6, 6.07) is 0.396. The molecule has 0 aromatic carbocycles. The monoisotopic (exact) mass is 227 g/mol. The molecule has 0 aliphatic heterocycles. The molecule has 0 unspecified atom stereocenters. The van der Waals surface area contributed by atoms with Crippen molar-refractivity contribution in [2.75, 3.05) is 6.54 Å². The third kappa shape index (κ3) is 2.57. The minimum Gasteiger partial charge on any atom is -0.459 e. The third-order valence-corrected chi connectivity index (χ3v) is 3.89. The summed E-state index contributed by atoms with van der Waals surface area (Å²) in [4.78, 5) is 11.5. The van der Waals surface area contributed by atoms with Gasteiger partial charge in [0.15, 0.2) is 0 Å². The number of rotatable bonds is 3. The maximum absolute atomic E-state index is 11.5. The van der Waals surface area contributed by atoms with E-state index in [9.17, 15) is 4.79 Å². The molecule has 0 spiro atoms. The van der Waals surface area contributed by atoms with Gasteiger partial charge < -0.3 is 10.1 Å². The molecule has 16 heavy (non-hydrogen) atoms. The maximum Gasteiger partial charge on any atom is 0.320 e. The molecule has 1 fully saturated rings. The molecule has 3 nitrogen and oxygen atoms in total. The summed E-state index contributed by atoms with van der Waals surface area (Å²) in [7, 11) is 0. The van der Waals surface area contributed by atoms with E-state index in [1.165, 1.54) is 0 Å². The average molecular weight is 227 g/mol. The van der Waals surface area contributed by atoms with Gasteiger partial charge in [0.2, 0.25) is 0 Å². The number of carbonyl (C=O) groups excluding carboxylic acids is 1. The van der Waals surface area contributed by atoms with Crippen LogP contribution in [0.4, 0.5) is 0 Å². The zero-order valence-corrected chi connectivity index (χ0v) is 11.6. The molecule has 1 N–H and O–H groups in total. The predicted octanol–water partition coefficient (Wildman–Crippen LogP) is 2.35. The lowest BCUT2D eigenvalue weighted by Crippen LogP contribution is -2.34. The minimum absolute atomic E-state index is 0.175. The molecular formula is C13H25NO2. The van der Waals surface area contributed by atoms with Crippen LogP contribution in [-0.2, 0) is 9.53 Å².